The topological polar surface area (TPSA) is 6.48 Å². The number of rotatable bonds is 8. The van der Waals surface area contributed by atoms with Gasteiger partial charge < -0.3 is 9.80 Å². The van der Waals surface area contributed by atoms with Crippen molar-refractivity contribution in [3.05, 3.63) is 175 Å². The van der Waals surface area contributed by atoms with Crippen LogP contribution >= 0.6 is 0 Å². The van der Waals surface area contributed by atoms with Gasteiger partial charge in [0.25, 0.3) is 0 Å². The van der Waals surface area contributed by atoms with Gasteiger partial charge in [0, 0.05) is 22.7 Å². The van der Waals surface area contributed by atoms with E-state index in [4.69, 9.17) is 0 Å². The Kier molecular flexibility index (Phi) is 9.60. The number of nitrogens with zero attached hydrogens (tertiary/aromatic N) is 2. The van der Waals surface area contributed by atoms with Crippen LogP contribution < -0.4 is 9.80 Å². The lowest BCUT2D eigenvalue weighted by molar-refractivity contribution is 0.740. The Morgan fingerprint density at radius 3 is 1.43 bits per heavy atom. The highest BCUT2D eigenvalue weighted by atomic mass is 15.2. The maximum absolute atomic E-state index is 2.63. The van der Waals surface area contributed by atoms with Crippen LogP contribution in [0.3, 0.4) is 0 Å². The molecule has 6 aromatic carbocycles. The molecule has 0 aromatic heterocycles. The summed E-state index contributed by atoms with van der Waals surface area (Å²) < 4.78 is 0. The number of allylic oxidation sites excluding steroid dienone is 3. The van der Waals surface area contributed by atoms with Gasteiger partial charge in [0.1, 0.15) is 0 Å². The van der Waals surface area contributed by atoms with E-state index in [1.807, 2.05) is 0 Å². The predicted octanol–water partition coefficient (Wildman–Crippen LogP) is 15.3. The molecule has 0 N–H and O–H groups in total. The number of hydrogen-bond donors (Lipinski definition) is 0. The Labute approximate surface area is 336 Å². The summed E-state index contributed by atoms with van der Waals surface area (Å²) in [6.07, 6.45) is 5.91. The Hall–Kier alpha value is -5.34. The van der Waals surface area contributed by atoms with Gasteiger partial charge in [0.2, 0.25) is 0 Å². The molecule has 6 aromatic rings. The van der Waals surface area contributed by atoms with Crippen molar-refractivity contribution >= 4 is 44.8 Å². The summed E-state index contributed by atoms with van der Waals surface area (Å²) in [5.41, 5.74) is 25.2. The molecule has 0 saturated carbocycles. The van der Waals surface area contributed by atoms with Crippen LogP contribution in [0.2, 0.25) is 0 Å². The standard InChI is InChI=1S/C54H58N2/c1-31(2)43-29-45-51(55(47-19-13-33(5)25-37(47)9)48-20-14-34(6)26-38(48)10)24-18-42-44(32(3)4)30-46-52(23-17-41(43)53(46)54(42)45)56(49-21-15-35(7)27-39(49)11)50-22-16-36(8)28-40(50)12/h13-29,31-32,51H,30H2,1-12H3. The summed E-state index contributed by atoms with van der Waals surface area (Å²) in [5.74, 6) is 0.750. The molecule has 56 heavy (non-hydrogen) atoms. The molecular weight excluding hydrogens is 677 g/mol. The molecule has 0 amide bonds. The van der Waals surface area contributed by atoms with Crippen molar-refractivity contribution in [2.45, 2.75) is 101 Å². The van der Waals surface area contributed by atoms with Crippen molar-refractivity contribution in [2.75, 3.05) is 9.80 Å². The summed E-state index contributed by atoms with van der Waals surface area (Å²) >= 11 is 0. The van der Waals surface area contributed by atoms with Crippen LogP contribution in [-0.2, 0) is 6.42 Å². The Bertz CT molecular complexity index is 2510. The van der Waals surface area contributed by atoms with Crippen LogP contribution in [0.5, 0.6) is 0 Å². The normalized spacial score (nSPS) is 14.7. The molecule has 0 spiro atoms. The van der Waals surface area contributed by atoms with E-state index >= 15 is 0 Å². The van der Waals surface area contributed by atoms with E-state index in [0.717, 1.165) is 6.42 Å². The predicted molar refractivity (Wildman–Crippen MR) is 243 cm³/mol. The van der Waals surface area contributed by atoms with Gasteiger partial charge in [0.05, 0.1) is 11.7 Å². The third-order valence-corrected chi connectivity index (χ3v) is 12.4. The molecule has 2 heteroatoms. The molecule has 2 aliphatic carbocycles. The molecule has 284 valence electrons. The van der Waals surface area contributed by atoms with E-state index in [1.54, 1.807) is 0 Å². The highest BCUT2D eigenvalue weighted by Crippen LogP contribution is 2.54. The second-order valence-electron chi connectivity index (χ2n) is 17.5. The molecule has 1 atom stereocenters. The third-order valence-electron chi connectivity index (χ3n) is 12.4. The van der Waals surface area contributed by atoms with Gasteiger partial charge in [-0.05, 0) is 165 Å². The van der Waals surface area contributed by atoms with Gasteiger partial charge in [0.15, 0.2) is 0 Å². The molecule has 2 nitrogen and oxygen atoms in total. The average Bonchev–Trinajstić information content (AvgIpc) is 3.14. The second kappa shape index (κ2) is 14.3. The fourth-order valence-corrected chi connectivity index (χ4v) is 9.76. The monoisotopic (exact) mass is 734 g/mol. The molecule has 0 radical (unpaired) electrons. The first kappa shape index (κ1) is 37.6. The highest BCUT2D eigenvalue weighted by molar-refractivity contribution is 6.08. The number of benzene rings is 6. The highest BCUT2D eigenvalue weighted by Gasteiger charge is 2.36. The minimum absolute atomic E-state index is 0.0104. The van der Waals surface area contributed by atoms with E-state index in [-0.39, 0.29) is 6.04 Å². The van der Waals surface area contributed by atoms with Gasteiger partial charge in [-0.25, -0.2) is 0 Å². The molecule has 2 aliphatic rings. The van der Waals surface area contributed by atoms with E-state index in [1.165, 1.54) is 117 Å². The lowest BCUT2D eigenvalue weighted by atomic mass is 9.72. The van der Waals surface area contributed by atoms with Crippen molar-refractivity contribution < 1.29 is 0 Å². The largest absolute Gasteiger partial charge is 0.330 e. The molecule has 1 unspecified atom stereocenters. The summed E-state index contributed by atoms with van der Waals surface area (Å²) in [6.45, 7) is 27.4. The Balaban J connectivity index is 1.48. The first-order valence-corrected chi connectivity index (χ1v) is 20.7. The van der Waals surface area contributed by atoms with Crippen molar-refractivity contribution in [3.63, 3.8) is 0 Å². The van der Waals surface area contributed by atoms with Gasteiger partial charge in [-0.1, -0.05) is 128 Å². The van der Waals surface area contributed by atoms with Gasteiger partial charge in [-0.2, -0.15) is 0 Å². The lowest BCUT2D eigenvalue weighted by Gasteiger charge is -2.41. The Morgan fingerprint density at radius 2 is 0.982 bits per heavy atom. The number of anilines is 5. The second-order valence-corrected chi connectivity index (χ2v) is 17.5. The van der Waals surface area contributed by atoms with Crippen molar-refractivity contribution in [3.8, 4) is 0 Å². The fourth-order valence-electron chi connectivity index (χ4n) is 9.76. The van der Waals surface area contributed by atoms with Crippen molar-refractivity contribution in [2.24, 2.45) is 5.92 Å². The van der Waals surface area contributed by atoms with E-state index < -0.39 is 0 Å². The van der Waals surface area contributed by atoms with Gasteiger partial charge >= 0.3 is 0 Å². The summed E-state index contributed by atoms with van der Waals surface area (Å²) in [4.78, 5) is 5.20. The molecule has 0 heterocycles. The van der Waals surface area contributed by atoms with Crippen LogP contribution in [0.25, 0.3) is 16.3 Å². The van der Waals surface area contributed by atoms with Crippen LogP contribution in [0.1, 0.15) is 106 Å². The van der Waals surface area contributed by atoms with E-state index in [0.29, 0.717) is 11.8 Å². The molecule has 0 bridgehead atoms. The zero-order valence-electron chi connectivity index (χ0n) is 35.6. The van der Waals surface area contributed by atoms with Crippen LogP contribution in [0, 0.1) is 61.3 Å². The van der Waals surface area contributed by atoms with Gasteiger partial charge in [-0.3, -0.25) is 0 Å². The van der Waals surface area contributed by atoms with Gasteiger partial charge in [-0.15, -0.1) is 0 Å². The minimum atomic E-state index is 0.0104. The number of aryl methyl sites for hydroxylation is 8. The van der Waals surface area contributed by atoms with E-state index in [9.17, 15) is 0 Å². The maximum Gasteiger partial charge on any atom is 0.0785 e. The SMILES string of the molecule is Cc1ccc(N(c2ccc(C)cc2C)c2ccc3c(C(C)C)cc4c5c3c2CC(C(C)C)=C5C=CC4N(c2ccc(C)cc2C)c2ccc(C)cc2C)c(C)c1. The zero-order chi connectivity index (χ0) is 39.7. The Morgan fingerprint density at radius 1 is 0.518 bits per heavy atom. The first-order valence-electron chi connectivity index (χ1n) is 20.7. The zero-order valence-corrected chi connectivity index (χ0v) is 35.6. The van der Waals surface area contributed by atoms with Crippen LogP contribution in [-0.4, -0.2) is 0 Å². The molecular formula is C54H58N2. The molecule has 8 rings (SSSR count). The van der Waals surface area contributed by atoms with Crippen LogP contribution in [0.15, 0.2) is 109 Å². The van der Waals surface area contributed by atoms with E-state index in [2.05, 4.69) is 196 Å². The average molecular weight is 735 g/mol. The fraction of sp³-hybridized carbons (Fsp3) is 0.296. The van der Waals surface area contributed by atoms with Crippen molar-refractivity contribution in [1.82, 2.24) is 0 Å². The van der Waals surface area contributed by atoms with Crippen molar-refractivity contribution in [1.29, 1.82) is 0 Å². The quantitative estimate of drug-likeness (QED) is 0.154. The third kappa shape index (κ3) is 6.28. The summed E-state index contributed by atoms with van der Waals surface area (Å²) in [7, 11) is 0. The summed E-state index contributed by atoms with van der Waals surface area (Å²) in [5, 5.41) is 2.82. The maximum atomic E-state index is 2.63. The lowest BCUT2D eigenvalue weighted by Crippen LogP contribution is -2.28. The molecule has 0 fully saturated rings. The molecule has 0 saturated heterocycles. The van der Waals surface area contributed by atoms with Crippen LogP contribution in [0.4, 0.5) is 28.4 Å². The summed E-state index contributed by atoms with van der Waals surface area (Å²) in [6, 6.07) is 35.2. The molecule has 0 aliphatic heterocycles. The minimum Gasteiger partial charge on any atom is -0.330 e. The smallest absolute Gasteiger partial charge is 0.0785 e. The number of hydrogen-bond acceptors (Lipinski definition) is 2. The first-order chi connectivity index (χ1) is 26.7.